The molecule has 0 spiro atoms. The second-order valence-corrected chi connectivity index (χ2v) is 5.15. The summed E-state index contributed by atoms with van der Waals surface area (Å²) in [6.07, 6.45) is 1.70. The summed E-state index contributed by atoms with van der Waals surface area (Å²) in [5.41, 5.74) is 1.73. The van der Waals surface area contributed by atoms with Crippen molar-refractivity contribution in [1.82, 2.24) is 10.3 Å². The Kier molecular flexibility index (Phi) is 5.17. The summed E-state index contributed by atoms with van der Waals surface area (Å²) >= 11 is 5.94. The minimum Gasteiger partial charge on any atom is -0.484 e. The van der Waals surface area contributed by atoms with E-state index in [1.807, 2.05) is 32.0 Å². The van der Waals surface area contributed by atoms with Crippen LogP contribution in [-0.2, 0) is 4.79 Å². The number of pyridine rings is 1. The molecule has 0 radical (unpaired) electrons. The van der Waals surface area contributed by atoms with Crippen LogP contribution in [0.2, 0.25) is 5.02 Å². The van der Waals surface area contributed by atoms with Crippen LogP contribution >= 0.6 is 11.6 Å². The van der Waals surface area contributed by atoms with Gasteiger partial charge in [-0.2, -0.15) is 0 Å². The van der Waals surface area contributed by atoms with Crippen LogP contribution in [0.25, 0.3) is 0 Å². The minimum absolute atomic E-state index is 0.0434. The largest absolute Gasteiger partial charge is 0.484 e. The predicted molar refractivity (Wildman–Crippen MR) is 82.5 cm³/mol. The van der Waals surface area contributed by atoms with Crippen molar-refractivity contribution in [3.8, 4) is 5.75 Å². The first-order valence-electron chi connectivity index (χ1n) is 6.65. The van der Waals surface area contributed by atoms with E-state index < -0.39 is 0 Å². The maximum Gasteiger partial charge on any atom is 0.258 e. The lowest BCUT2D eigenvalue weighted by atomic mass is 10.2. The maximum absolute atomic E-state index is 11.9. The Morgan fingerprint density at radius 1 is 1.38 bits per heavy atom. The van der Waals surface area contributed by atoms with Crippen molar-refractivity contribution in [2.45, 2.75) is 19.9 Å². The maximum atomic E-state index is 11.9. The minimum atomic E-state index is -0.194. The van der Waals surface area contributed by atoms with Gasteiger partial charge in [0, 0.05) is 11.2 Å². The number of nitrogens with zero attached hydrogens (tertiary/aromatic N) is 1. The monoisotopic (exact) mass is 304 g/mol. The summed E-state index contributed by atoms with van der Waals surface area (Å²) < 4.78 is 5.45. The molecule has 1 atom stereocenters. The van der Waals surface area contributed by atoms with E-state index in [0.717, 1.165) is 11.3 Å². The summed E-state index contributed by atoms with van der Waals surface area (Å²) in [6, 6.07) is 10.7. The third-order valence-corrected chi connectivity index (χ3v) is 3.43. The number of carbonyl (C=O) groups excluding carboxylic acids is 1. The third-order valence-electron chi connectivity index (χ3n) is 3.01. The van der Waals surface area contributed by atoms with Crippen molar-refractivity contribution in [1.29, 1.82) is 0 Å². The van der Waals surface area contributed by atoms with Gasteiger partial charge in [0.2, 0.25) is 0 Å². The van der Waals surface area contributed by atoms with Crippen molar-refractivity contribution in [3.63, 3.8) is 0 Å². The fourth-order valence-corrected chi connectivity index (χ4v) is 1.96. The van der Waals surface area contributed by atoms with E-state index in [-0.39, 0.29) is 18.6 Å². The zero-order chi connectivity index (χ0) is 15.2. The number of aromatic nitrogens is 1. The highest BCUT2D eigenvalue weighted by Crippen LogP contribution is 2.20. The Morgan fingerprint density at radius 3 is 2.86 bits per heavy atom. The van der Waals surface area contributed by atoms with Crippen molar-refractivity contribution >= 4 is 17.5 Å². The first-order valence-corrected chi connectivity index (χ1v) is 7.03. The Labute approximate surface area is 129 Å². The molecular formula is C16H17ClN2O2. The van der Waals surface area contributed by atoms with Crippen molar-refractivity contribution in [3.05, 3.63) is 58.9 Å². The Bertz CT molecular complexity index is 617. The van der Waals surface area contributed by atoms with E-state index in [2.05, 4.69) is 10.3 Å². The van der Waals surface area contributed by atoms with E-state index in [1.165, 1.54) is 0 Å². The lowest BCUT2D eigenvalue weighted by molar-refractivity contribution is -0.123. The number of benzene rings is 1. The molecule has 0 unspecified atom stereocenters. The van der Waals surface area contributed by atoms with Gasteiger partial charge >= 0.3 is 0 Å². The molecule has 1 heterocycles. The molecule has 1 aromatic carbocycles. The summed E-state index contributed by atoms with van der Waals surface area (Å²) in [5, 5.41) is 3.52. The number of amides is 1. The van der Waals surface area contributed by atoms with E-state index in [0.29, 0.717) is 10.8 Å². The van der Waals surface area contributed by atoms with Crippen LogP contribution < -0.4 is 10.1 Å². The van der Waals surface area contributed by atoms with Gasteiger partial charge in [-0.05, 0) is 49.7 Å². The molecule has 1 aromatic heterocycles. The molecule has 2 rings (SSSR count). The van der Waals surface area contributed by atoms with Crippen LogP contribution in [0.5, 0.6) is 5.75 Å². The van der Waals surface area contributed by atoms with Crippen LogP contribution in [0.1, 0.15) is 24.2 Å². The molecule has 110 valence electrons. The van der Waals surface area contributed by atoms with Gasteiger partial charge in [0.15, 0.2) is 6.61 Å². The molecule has 0 aliphatic rings. The average molecular weight is 305 g/mol. The van der Waals surface area contributed by atoms with Crippen molar-refractivity contribution in [2.24, 2.45) is 0 Å². The van der Waals surface area contributed by atoms with Gasteiger partial charge in [-0.25, -0.2) is 0 Å². The highest BCUT2D eigenvalue weighted by Gasteiger charge is 2.11. The smallest absolute Gasteiger partial charge is 0.258 e. The van der Waals surface area contributed by atoms with Crippen LogP contribution in [0.4, 0.5) is 0 Å². The molecule has 1 N–H and O–H groups in total. The zero-order valence-electron chi connectivity index (χ0n) is 12.0. The Hall–Kier alpha value is -2.07. The molecule has 0 saturated carbocycles. The topological polar surface area (TPSA) is 51.2 Å². The van der Waals surface area contributed by atoms with Gasteiger partial charge < -0.3 is 10.1 Å². The highest BCUT2D eigenvalue weighted by molar-refractivity contribution is 6.31. The van der Waals surface area contributed by atoms with Gasteiger partial charge in [0.1, 0.15) is 5.75 Å². The van der Waals surface area contributed by atoms with E-state index >= 15 is 0 Å². The second-order valence-electron chi connectivity index (χ2n) is 4.74. The quantitative estimate of drug-likeness (QED) is 0.922. The van der Waals surface area contributed by atoms with Crippen LogP contribution in [0.3, 0.4) is 0 Å². The fraction of sp³-hybridized carbons (Fsp3) is 0.250. The second kappa shape index (κ2) is 7.09. The first-order chi connectivity index (χ1) is 10.1. The standard InChI is InChI=1S/C16H17ClN2O2/c1-11-9-13(6-7-14(11)17)21-10-16(20)19-12(2)15-5-3-4-8-18-15/h3-9,12H,10H2,1-2H3,(H,19,20)/t12-/m0/s1. The first kappa shape index (κ1) is 15.3. The number of aryl methyl sites for hydroxylation is 1. The highest BCUT2D eigenvalue weighted by atomic mass is 35.5. The molecule has 2 aromatic rings. The predicted octanol–water partition coefficient (Wildman–Crippen LogP) is 3.30. The molecule has 0 fully saturated rings. The SMILES string of the molecule is Cc1cc(OCC(=O)N[C@@H](C)c2ccccn2)ccc1Cl. The molecule has 0 bridgehead atoms. The summed E-state index contributed by atoms with van der Waals surface area (Å²) in [6.45, 7) is 3.73. The normalized spacial score (nSPS) is 11.8. The van der Waals surface area contributed by atoms with E-state index in [4.69, 9.17) is 16.3 Å². The van der Waals surface area contributed by atoms with Crippen molar-refractivity contribution < 1.29 is 9.53 Å². The Morgan fingerprint density at radius 2 is 2.19 bits per heavy atom. The number of rotatable bonds is 5. The molecule has 0 aliphatic carbocycles. The molecule has 0 saturated heterocycles. The molecule has 0 aliphatic heterocycles. The number of halogens is 1. The number of carbonyl (C=O) groups is 1. The summed E-state index contributed by atoms with van der Waals surface area (Å²) in [5.74, 6) is 0.429. The number of ether oxygens (including phenoxy) is 1. The van der Waals surface area contributed by atoms with Gasteiger partial charge in [0.05, 0.1) is 11.7 Å². The summed E-state index contributed by atoms with van der Waals surface area (Å²) in [4.78, 5) is 16.1. The van der Waals surface area contributed by atoms with Gasteiger partial charge in [-0.1, -0.05) is 17.7 Å². The number of hydrogen-bond donors (Lipinski definition) is 1. The number of nitrogens with one attached hydrogen (secondary N) is 1. The third kappa shape index (κ3) is 4.46. The molecule has 5 heteroatoms. The molecule has 1 amide bonds. The Balaban J connectivity index is 1.86. The fourth-order valence-electron chi connectivity index (χ4n) is 1.85. The van der Waals surface area contributed by atoms with Crippen LogP contribution in [-0.4, -0.2) is 17.5 Å². The van der Waals surface area contributed by atoms with E-state index in [9.17, 15) is 4.79 Å². The summed E-state index contributed by atoms with van der Waals surface area (Å²) in [7, 11) is 0. The van der Waals surface area contributed by atoms with E-state index in [1.54, 1.807) is 24.4 Å². The van der Waals surface area contributed by atoms with Crippen LogP contribution in [0.15, 0.2) is 42.6 Å². The molecule has 21 heavy (non-hydrogen) atoms. The number of hydrogen-bond acceptors (Lipinski definition) is 3. The van der Waals surface area contributed by atoms with Crippen LogP contribution in [0, 0.1) is 6.92 Å². The average Bonchev–Trinajstić information content (AvgIpc) is 2.49. The zero-order valence-corrected chi connectivity index (χ0v) is 12.7. The lowest BCUT2D eigenvalue weighted by Crippen LogP contribution is -2.31. The molecule has 4 nitrogen and oxygen atoms in total. The van der Waals surface area contributed by atoms with Crippen molar-refractivity contribution in [2.75, 3.05) is 6.61 Å². The van der Waals surface area contributed by atoms with Gasteiger partial charge in [-0.3, -0.25) is 9.78 Å². The lowest BCUT2D eigenvalue weighted by Gasteiger charge is -2.14. The molecular weight excluding hydrogens is 288 g/mol. The van der Waals surface area contributed by atoms with Gasteiger partial charge in [0.25, 0.3) is 5.91 Å². The van der Waals surface area contributed by atoms with Gasteiger partial charge in [-0.15, -0.1) is 0 Å².